The van der Waals surface area contributed by atoms with E-state index < -0.39 is 11.6 Å². The molecule has 0 aromatic heterocycles. The molecule has 2 fully saturated rings. The Morgan fingerprint density at radius 1 is 1.10 bits per heavy atom. The topological polar surface area (TPSA) is 76.1 Å². The summed E-state index contributed by atoms with van der Waals surface area (Å²) >= 11 is 0. The lowest BCUT2D eigenvalue weighted by Gasteiger charge is -2.48. The second kappa shape index (κ2) is 7.41. The lowest BCUT2D eigenvalue weighted by Crippen LogP contribution is -2.69. The zero-order valence-corrected chi connectivity index (χ0v) is 17.4. The Bertz CT molecular complexity index is 1060. The Balaban J connectivity index is 1.39. The summed E-state index contributed by atoms with van der Waals surface area (Å²) in [5, 5.41) is 0. The first-order valence-corrected chi connectivity index (χ1v) is 10.6. The Morgan fingerprint density at radius 2 is 1.90 bits per heavy atom. The van der Waals surface area contributed by atoms with Gasteiger partial charge in [-0.25, -0.2) is 4.79 Å². The Hall–Kier alpha value is -3.35. The van der Waals surface area contributed by atoms with E-state index in [2.05, 4.69) is 0 Å². The number of benzene rings is 2. The molecule has 0 unspecified atom stereocenters. The van der Waals surface area contributed by atoms with Crippen LogP contribution in [0.25, 0.3) is 0 Å². The zero-order chi connectivity index (χ0) is 21.6. The standard InChI is InChI=1S/C24H24N2O5/c1-16-5-4-6-18(15-16)30-13-14-31-23(29)24-12-11-21(27)26(24)20-8-3-2-7-19(20)22(28)25(24)17-9-10-17/h2-8,15,17H,9-14H2,1H3/t24-/m0/s1. The van der Waals surface area contributed by atoms with Gasteiger partial charge in [0.2, 0.25) is 11.6 Å². The summed E-state index contributed by atoms with van der Waals surface area (Å²) < 4.78 is 11.3. The minimum absolute atomic E-state index is 0.0326. The Labute approximate surface area is 180 Å². The summed E-state index contributed by atoms with van der Waals surface area (Å²) in [6.45, 7) is 2.19. The fraction of sp³-hybridized carbons (Fsp3) is 0.375. The molecule has 7 heteroatoms. The third-order valence-electron chi connectivity index (χ3n) is 6.11. The number of hydrogen-bond acceptors (Lipinski definition) is 5. The van der Waals surface area contributed by atoms with E-state index >= 15 is 0 Å². The van der Waals surface area contributed by atoms with Gasteiger partial charge in [0.1, 0.15) is 19.0 Å². The molecule has 2 amide bonds. The van der Waals surface area contributed by atoms with Gasteiger partial charge in [-0.2, -0.15) is 0 Å². The fourth-order valence-electron chi connectivity index (χ4n) is 4.63. The summed E-state index contributed by atoms with van der Waals surface area (Å²) in [7, 11) is 0. The lowest BCUT2D eigenvalue weighted by molar-refractivity contribution is -0.158. The van der Waals surface area contributed by atoms with Crippen molar-refractivity contribution in [3.63, 3.8) is 0 Å². The number of carbonyl (C=O) groups excluding carboxylic acids is 3. The second-order valence-electron chi connectivity index (χ2n) is 8.27. The van der Waals surface area contributed by atoms with Gasteiger partial charge in [-0.3, -0.25) is 14.5 Å². The maximum absolute atomic E-state index is 13.4. The molecule has 1 saturated carbocycles. The number of para-hydroxylation sites is 1. The highest BCUT2D eigenvalue weighted by Crippen LogP contribution is 2.49. The number of amides is 2. The van der Waals surface area contributed by atoms with Crippen molar-refractivity contribution in [2.45, 2.75) is 44.3 Å². The quantitative estimate of drug-likeness (QED) is 0.530. The third kappa shape index (κ3) is 3.15. The highest BCUT2D eigenvalue weighted by molar-refractivity contribution is 6.15. The van der Waals surface area contributed by atoms with E-state index in [0.29, 0.717) is 17.0 Å². The molecule has 0 N–H and O–H groups in total. The van der Waals surface area contributed by atoms with E-state index in [-0.39, 0.29) is 43.9 Å². The Morgan fingerprint density at radius 3 is 2.68 bits per heavy atom. The molecule has 2 aliphatic heterocycles. The number of anilines is 1. The molecule has 31 heavy (non-hydrogen) atoms. The molecule has 0 bridgehead atoms. The summed E-state index contributed by atoms with van der Waals surface area (Å²) in [6.07, 6.45) is 2.07. The SMILES string of the molecule is Cc1cccc(OCCOC(=O)[C@]23CCC(=O)N2c2ccccc2C(=O)N3C2CC2)c1. The summed E-state index contributed by atoms with van der Waals surface area (Å²) in [4.78, 5) is 42.8. The second-order valence-corrected chi connectivity index (χ2v) is 8.27. The fourth-order valence-corrected chi connectivity index (χ4v) is 4.63. The average molecular weight is 420 g/mol. The molecule has 1 atom stereocenters. The van der Waals surface area contributed by atoms with Crippen LogP contribution in [0.3, 0.4) is 0 Å². The number of fused-ring (bicyclic) bond motifs is 3. The van der Waals surface area contributed by atoms with Crippen LogP contribution in [0.2, 0.25) is 0 Å². The van der Waals surface area contributed by atoms with Gasteiger partial charge in [-0.15, -0.1) is 0 Å². The van der Waals surface area contributed by atoms with Crippen molar-refractivity contribution < 1.29 is 23.9 Å². The predicted molar refractivity (Wildman–Crippen MR) is 113 cm³/mol. The maximum Gasteiger partial charge on any atom is 0.353 e. The van der Waals surface area contributed by atoms with Gasteiger partial charge in [0.25, 0.3) is 5.91 Å². The molecular formula is C24H24N2O5. The van der Waals surface area contributed by atoms with Crippen LogP contribution in [0, 0.1) is 6.92 Å². The van der Waals surface area contributed by atoms with Crippen molar-refractivity contribution in [1.82, 2.24) is 4.90 Å². The predicted octanol–water partition coefficient (Wildman–Crippen LogP) is 3.06. The van der Waals surface area contributed by atoms with E-state index in [4.69, 9.17) is 9.47 Å². The van der Waals surface area contributed by atoms with Crippen LogP contribution >= 0.6 is 0 Å². The largest absolute Gasteiger partial charge is 0.490 e. The number of rotatable bonds is 6. The molecule has 7 nitrogen and oxygen atoms in total. The molecule has 160 valence electrons. The molecule has 3 aliphatic rings. The molecule has 1 aliphatic carbocycles. The molecule has 2 heterocycles. The van der Waals surface area contributed by atoms with E-state index in [1.54, 1.807) is 29.2 Å². The number of carbonyl (C=O) groups is 3. The van der Waals surface area contributed by atoms with Crippen molar-refractivity contribution >= 4 is 23.5 Å². The van der Waals surface area contributed by atoms with Crippen LogP contribution in [0.15, 0.2) is 48.5 Å². The number of esters is 1. The highest BCUT2D eigenvalue weighted by atomic mass is 16.6. The van der Waals surface area contributed by atoms with Gasteiger partial charge in [-0.05, 0) is 49.6 Å². The van der Waals surface area contributed by atoms with E-state index in [0.717, 1.165) is 18.4 Å². The van der Waals surface area contributed by atoms with Crippen molar-refractivity contribution in [3.8, 4) is 5.75 Å². The molecule has 1 saturated heterocycles. The van der Waals surface area contributed by atoms with Crippen molar-refractivity contribution in [2.24, 2.45) is 0 Å². The molecule has 2 aromatic carbocycles. The van der Waals surface area contributed by atoms with E-state index in [1.807, 2.05) is 31.2 Å². The van der Waals surface area contributed by atoms with Crippen LogP contribution in [0.5, 0.6) is 5.75 Å². The average Bonchev–Trinajstić information content (AvgIpc) is 3.54. The van der Waals surface area contributed by atoms with Gasteiger partial charge in [0, 0.05) is 18.9 Å². The van der Waals surface area contributed by atoms with E-state index in [9.17, 15) is 14.4 Å². The van der Waals surface area contributed by atoms with Crippen LogP contribution in [-0.2, 0) is 14.3 Å². The summed E-state index contributed by atoms with van der Waals surface area (Å²) in [6, 6.07) is 14.6. The van der Waals surface area contributed by atoms with Crippen LogP contribution < -0.4 is 9.64 Å². The molecule has 2 aromatic rings. The molecule has 0 radical (unpaired) electrons. The number of hydrogen-bond donors (Lipinski definition) is 0. The first kappa shape index (κ1) is 19.6. The number of ether oxygens (including phenoxy) is 2. The van der Waals surface area contributed by atoms with Crippen LogP contribution in [0.1, 0.15) is 41.6 Å². The van der Waals surface area contributed by atoms with E-state index in [1.165, 1.54) is 4.90 Å². The van der Waals surface area contributed by atoms with Crippen molar-refractivity contribution in [3.05, 3.63) is 59.7 Å². The van der Waals surface area contributed by atoms with Gasteiger partial charge in [-0.1, -0.05) is 24.3 Å². The van der Waals surface area contributed by atoms with Crippen LogP contribution in [-0.4, -0.2) is 47.6 Å². The van der Waals surface area contributed by atoms with Crippen molar-refractivity contribution in [2.75, 3.05) is 18.1 Å². The highest BCUT2D eigenvalue weighted by Gasteiger charge is 2.64. The van der Waals surface area contributed by atoms with Gasteiger partial charge in [0.15, 0.2) is 0 Å². The summed E-state index contributed by atoms with van der Waals surface area (Å²) in [5.74, 6) is -0.246. The molecule has 0 spiro atoms. The van der Waals surface area contributed by atoms with Gasteiger partial charge in [0.05, 0.1) is 11.3 Å². The minimum atomic E-state index is -1.41. The van der Waals surface area contributed by atoms with Crippen molar-refractivity contribution in [1.29, 1.82) is 0 Å². The monoisotopic (exact) mass is 420 g/mol. The Kier molecular flexibility index (Phi) is 4.68. The third-order valence-corrected chi connectivity index (χ3v) is 6.11. The van der Waals surface area contributed by atoms with Gasteiger partial charge < -0.3 is 14.4 Å². The van der Waals surface area contributed by atoms with Gasteiger partial charge >= 0.3 is 5.97 Å². The lowest BCUT2D eigenvalue weighted by atomic mass is 9.96. The molecule has 5 rings (SSSR count). The zero-order valence-electron chi connectivity index (χ0n) is 17.4. The number of aryl methyl sites for hydroxylation is 1. The number of nitrogens with zero attached hydrogens (tertiary/aromatic N) is 2. The normalized spacial score (nSPS) is 22.2. The minimum Gasteiger partial charge on any atom is -0.490 e. The molecular weight excluding hydrogens is 396 g/mol. The van der Waals surface area contributed by atoms with Crippen LogP contribution in [0.4, 0.5) is 5.69 Å². The first-order chi connectivity index (χ1) is 15.0. The first-order valence-electron chi connectivity index (χ1n) is 10.6. The summed E-state index contributed by atoms with van der Waals surface area (Å²) in [5.41, 5.74) is 0.608. The smallest absolute Gasteiger partial charge is 0.353 e. The maximum atomic E-state index is 13.4.